The van der Waals surface area contributed by atoms with E-state index in [0.29, 0.717) is 0 Å². The number of fused-ring (bicyclic) bond motifs is 9. The molecule has 0 saturated carbocycles. The van der Waals surface area contributed by atoms with Gasteiger partial charge in [0.25, 0.3) is 0 Å². The Morgan fingerprint density at radius 1 is 0.377 bits per heavy atom. The molecule has 0 amide bonds. The van der Waals surface area contributed by atoms with Crippen molar-refractivity contribution >= 4 is 65.4 Å². The van der Waals surface area contributed by atoms with E-state index in [0.717, 1.165) is 39.4 Å². The largest absolute Gasteiger partial charge is 0.309 e. The molecular weight excluding hydrogens is 645 g/mol. The Morgan fingerprint density at radius 3 is 1.36 bits per heavy atom. The van der Waals surface area contributed by atoms with E-state index in [1.807, 2.05) is 12.3 Å². The van der Waals surface area contributed by atoms with E-state index in [9.17, 15) is 0 Å². The molecule has 0 N–H and O–H groups in total. The maximum atomic E-state index is 4.97. The first-order valence-electron chi connectivity index (χ1n) is 18.2. The summed E-state index contributed by atoms with van der Waals surface area (Å²) in [4.78, 5) is 4.97. The van der Waals surface area contributed by atoms with E-state index >= 15 is 0 Å². The first-order chi connectivity index (χ1) is 26.2. The predicted octanol–water partition coefficient (Wildman–Crippen LogP) is 12.7. The van der Waals surface area contributed by atoms with Crippen LogP contribution in [0.15, 0.2) is 170 Å². The average Bonchev–Trinajstić information content (AvgIpc) is 3.84. The van der Waals surface area contributed by atoms with Crippen molar-refractivity contribution < 1.29 is 0 Å². The first-order valence-corrected chi connectivity index (χ1v) is 18.2. The maximum Gasteiger partial charge on any atom is 0.0735 e. The Balaban J connectivity index is 1.23. The molecule has 0 aliphatic heterocycles. The highest BCUT2D eigenvalue weighted by atomic mass is 15.0. The van der Waals surface area contributed by atoms with Gasteiger partial charge in [0.15, 0.2) is 0 Å². The number of benzene rings is 7. The number of rotatable bonds is 4. The topological polar surface area (TPSA) is 27.7 Å². The van der Waals surface area contributed by atoms with E-state index < -0.39 is 0 Å². The fourth-order valence-corrected chi connectivity index (χ4v) is 8.82. The van der Waals surface area contributed by atoms with Gasteiger partial charge in [-0.15, -0.1) is 0 Å². The Morgan fingerprint density at radius 2 is 0.830 bits per heavy atom. The molecular formula is C49H34N4. The summed E-state index contributed by atoms with van der Waals surface area (Å²) in [7, 11) is 0. The molecule has 11 aromatic rings. The van der Waals surface area contributed by atoms with Gasteiger partial charge in [-0.3, -0.25) is 4.98 Å². The van der Waals surface area contributed by atoms with Gasteiger partial charge in [-0.05, 0) is 91.7 Å². The van der Waals surface area contributed by atoms with E-state index in [4.69, 9.17) is 4.98 Å². The minimum atomic E-state index is 1.00. The maximum absolute atomic E-state index is 4.97. The van der Waals surface area contributed by atoms with Gasteiger partial charge < -0.3 is 13.7 Å². The lowest BCUT2D eigenvalue weighted by Gasteiger charge is -2.19. The third kappa shape index (κ3) is 4.27. The van der Waals surface area contributed by atoms with Gasteiger partial charge in [0.2, 0.25) is 0 Å². The number of aromatic nitrogens is 4. The van der Waals surface area contributed by atoms with Gasteiger partial charge in [-0.25, -0.2) is 0 Å². The third-order valence-corrected chi connectivity index (χ3v) is 11.2. The highest BCUT2D eigenvalue weighted by molar-refractivity contribution is 6.13. The second kappa shape index (κ2) is 11.3. The number of para-hydroxylation sites is 5. The lowest BCUT2D eigenvalue weighted by atomic mass is 9.98. The van der Waals surface area contributed by atoms with Crippen molar-refractivity contribution in [2.45, 2.75) is 13.8 Å². The van der Waals surface area contributed by atoms with Crippen LogP contribution in [0.2, 0.25) is 0 Å². The summed E-state index contributed by atoms with van der Waals surface area (Å²) in [6.45, 7) is 4.40. The number of nitrogens with zero attached hydrogens (tertiary/aromatic N) is 4. The Labute approximate surface area is 306 Å². The molecule has 0 atom stereocenters. The van der Waals surface area contributed by atoms with Crippen LogP contribution >= 0.6 is 0 Å². The Hall–Kier alpha value is -6.91. The molecule has 0 unspecified atom stereocenters. The van der Waals surface area contributed by atoms with Gasteiger partial charge in [0.1, 0.15) is 0 Å². The number of pyridine rings is 1. The molecule has 0 bridgehead atoms. The van der Waals surface area contributed by atoms with E-state index in [2.05, 4.69) is 185 Å². The van der Waals surface area contributed by atoms with E-state index in [-0.39, 0.29) is 0 Å². The quantitative estimate of drug-likeness (QED) is 0.182. The van der Waals surface area contributed by atoms with Crippen LogP contribution in [0.1, 0.15) is 11.1 Å². The lowest BCUT2D eigenvalue weighted by Crippen LogP contribution is -2.04. The van der Waals surface area contributed by atoms with Gasteiger partial charge in [-0.1, -0.05) is 97.1 Å². The van der Waals surface area contributed by atoms with Crippen LogP contribution in [0.3, 0.4) is 0 Å². The SMILES string of the molecule is Cc1cccnc1-c1cc(-n2c3ccccc3c3cc(-n4c5ccccc5c5ccccc54)ccc32)cc(-n2c3ccccc3c3ccccc32)c1C. The lowest BCUT2D eigenvalue weighted by molar-refractivity contribution is 1.11. The summed E-state index contributed by atoms with van der Waals surface area (Å²) < 4.78 is 7.29. The minimum absolute atomic E-state index is 1.00. The monoisotopic (exact) mass is 678 g/mol. The molecule has 0 spiro atoms. The molecule has 4 heterocycles. The van der Waals surface area contributed by atoms with Crippen LogP contribution in [0.25, 0.3) is 93.7 Å². The van der Waals surface area contributed by atoms with Gasteiger partial charge in [0.05, 0.1) is 44.5 Å². The summed E-state index contributed by atoms with van der Waals surface area (Å²) in [6.07, 6.45) is 1.91. The second-order valence-electron chi connectivity index (χ2n) is 14.1. The summed E-state index contributed by atoms with van der Waals surface area (Å²) >= 11 is 0. The molecule has 0 saturated heterocycles. The second-order valence-corrected chi connectivity index (χ2v) is 14.1. The van der Waals surface area contributed by atoms with Gasteiger partial charge >= 0.3 is 0 Å². The van der Waals surface area contributed by atoms with Crippen molar-refractivity contribution in [2.24, 2.45) is 0 Å². The molecule has 4 aromatic heterocycles. The van der Waals surface area contributed by atoms with Crippen LogP contribution in [-0.4, -0.2) is 18.7 Å². The molecule has 11 rings (SSSR count). The highest BCUT2D eigenvalue weighted by Crippen LogP contribution is 2.41. The predicted molar refractivity (Wildman–Crippen MR) is 222 cm³/mol. The molecule has 53 heavy (non-hydrogen) atoms. The zero-order valence-corrected chi connectivity index (χ0v) is 29.5. The number of hydrogen-bond donors (Lipinski definition) is 0. The Bertz CT molecular complexity index is 3160. The van der Waals surface area contributed by atoms with Gasteiger partial charge in [-0.2, -0.15) is 0 Å². The fraction of sp³-hybridized carbons (Fsp3) is 0.0408. The van der Waals surface area contributed by atoms with Crippen LogP contribution < -0.4 is 0 Å². The fourth-order valence-electron chi connectivity index (χ4n) is 8.82. The molecule has 4 nitrogen and oxygen atoms in total. The van der Waals surface area contributed by atoms with Crippen LogP contribution in [0.5, 0.6) is 0 Å². The molecule has 0 aliphatic rings. The van der Waals surface area contributed by atoms with Crippen molar-refractivity contribution in [3.63, 3.8) is 0 Å². The molecule has 0 radical (unpaired) electrons. The number of aryl methyl sites for hydroxylation is 1. The molecule has 0 fully saturated rings. The molecule has 0 aliphatic carbocycles. The smallest absolute Gasteiger partial charge is 0.0735 e. The summed E-state index contributed by atoms with van der Waals surface area (Å²) in [5.74, 6) is 0. The minimum Gasteiger partial charge on any atom is -0.309 e. The van der Waals surface area contributed by atoms with Crippen molar-refractivity contribution in [3.8, 4) is 28.3 Å². The summed E-state index contributed by atoms with van der Waals surface area (Å²) in [5.41, 5.74) is 15.0. The average molecular weight is 679 g/mol. The Kier molecular flexibility index (Phi) is 6.35. The van der Waals surface area contributed by atoms with Crippen LogP contribution in [-0.2, 0) is 0 Å². The molecule has 4 heteroatoms. The van der Waals surface area contributed by atoms with Crippen LogP contribution in [0, 0.1) is 13.8 Å². The van der Waals surface area contributed by atoms with E-state index in [1.165, 1.54) is 65.5 Å². The van der Waals surface area contributed by atoms with Crippen molar-refractivity contribution in [3.05, 3.63) is 181 Å². The zero-order chi connectivity index (χ0) is 35.2. The normalized spacial score (nSPS) is 12.0. The molecule has 7 aromatic carbocycles. The number of hydrogen-bond acceptors (Lipinski definition) is 1. The van der Waals surface area contributed by atoms with Gasteiger partial charge in [0, 0.05) is 55.5 Å². The first kappa shape index (κ1) is 29.8. The molecule has 250 valence electrons. The highest BCUT2D eigenvalue weighted by Gasteiger charge is 2.21. The van der Waals surface area contributed by atoms with E-state index in [1.54, 1.807) is 0 Å². The van der Waals surface area contributed by atoms with Crippen molar-refractivity contribution in [1.82, 2.24) is 18.7 Å². The third-order valence-electron chi connectivity index (χ3n) is 11.2. The standard InChI is InChI=1S/C49H34N4/c1-31-14-13-27-50-49(31)40-29-34(30-48(32(40)2)53-45-23-11-5-17-37(45)38-18-6-12-24-46(38)53)52-44-22-10-7-19-39(44)41-28-33(25-26-47(41)52)51-42-20-8-3-15-35(42)36-16-4-9-21-43(36)51/h3-30H,1-2H3. The zero-order valence-electron chi connectivity index (χ0n) is 29.5. The van der Waals surface area contributed by atoms with Crippen LogP contribution in [0.4, 0.5) is 0 Å². The summed E-state index contributed by atoms with van der Waals surface area (Å²) in [5, 5.41) is 7.46. The summed E-state index contributed by atoms with van der Waals surface area (Å²) in [6, 6.07) is 59.6. The van der Waals surface area contributed by atoms with Crippen molar-refractivity contribution in [2.75, 3.05) is 0 Å². The van der Waals surface area contributed by atoms with Crippen molar-refractivity contribution in [1.29, 1.82) is 0 Å².